The Bertz CT molecular complexity index is 218. The standard InChI is InChI=1S/C14H30N2O2/c1-5-14(6-7-15-11-14)12-16(8-9-17-3)13(2)10-18-4/h13,15H,5-12H2,1-4H3. The molecular weight excluding hydrogens is 228 g/mol. The topological polar surface area (TPSA) is 33.7 Å². The van der Waals surface area contributed by atoms with Crippen molar-refractivity contribution in [3.63, 3.8) is 0 Å². The van der Waals surface area contributed by atoms with Gasteiger partial charge in [0.2, 0.25) is 0 Å². The lowest BCUT2D eigenvalue weighted by atomic mass is 9.83. The van der Waals surface area contributed by atoms with Crippen molar-refractivity contribution >= 4 is 0 Å². The van der Waals surface area contributed by atoms with E-state index in [0.717, 1.165) is 39.4 Å². The summed E-state index contributed by atoms with van der Waals surface area (Å²) in [4.78, 5) is 2.52. The van der Waals surface area contributed by atoms with E-state index in [9.17, 15) is 0 Å². The minimum Gasteiger partial charge on any atom is -0.383 e. The monoisotopic (exact) mass is 258 g/mol. The second-order valence-electron chi connectivity index (χ2n) is 5.55. The molecule has 0 aromatic carbocycles. The number of hydrogen-bond donors (Lipinski definition) is 1. The van der Waals surface area contributed by atoms with Gasteiger partial charge in [-0.25, -0.2) is 0 Å². The van der Waals surface area contributed by atoms with E-state index in [1.807, 2.05) is 0 Å². The van der Waals surface area contributed by atoms with Gasteiger partial charge >= 0.3 is 0 Å². The number of nitrogens with zero attached hydrogens (tertiary/aromatic N) is 1. The van der Waals surface area contributed by atoms with E-state index in [1.165, 1.54) is 12.8 Å². The van der Waals surface area contributed by atoms with Crippen molar-refractivity contribution < 1.29 is 9.47 Å². The molecule has 4 nitrogen and oxygen atoms in total. The molecule has 1 N–H and O–H groups in total. The molecular formula is C14H30N2O2. The Balaban J connectivity index is 2.57. The quantitative estimate of drug-likeness (QED) is 0.677. The van der Waals surface area contributed by atoms with Crippen LogP contribution in [0.5, 0.6) is 0 Å². The largest absolute Gasteiger partial charge is 0.383 e. The maximum atomic E-state index is 5.30. The molecule has 1 saturated heterocycles. The average molecular weight is 258 g/mol. The van der Waals surface area contributed by atoms with Gasteiger partial charge in [-0.1, -0.05) is 6.92 Å². The highest BCUT2D eigenvalue weighted by molar-refractivity contribution is 4.90. The zero-order chi connectivity index (χ0) is 13.4. The van der Waals surface area contributed by atoms with Gasteiger partial charge in [0.15, 0.2) is 0 Å². The molecule has 108 valence electrons. The van der Waals surface area contributed by atoms with Gasteiger partial charge in [0.05, 0.1) is 13.2 Å². The highest BCUT2D eigenvalue weighted by Gasteiger charge is 2.34. The molecule has 1 rings (SSSR count). The maximum absolute atomic E-state index is 5.30. The smallest absolute Gasteiger partial charge is 0.0615 e. The van der Waals surface area contributed by atoms with Crippen LogP contribution in [0.1, 0.15) is 26.7 Å². The van der Waals surface area contributed by atoms with Crippen LogP contribution in [0.4, 0.5) is 0 Å². The molecule has 2 unspecified atom stereocenters. The molecule has 0 aromatic heterocycles. The van der Waals surface area contributed by atoms with E-state index in [0.29, 0.717) is 11.5 Å². The van der Waals surface area contributed by atoms with Gasteiger partial charge in [0, 0.05) is 39.9 Å². The fourth-order valence-electron chi connectivity index (χ4n) is 2.79. The van der Waals surface area contributed by atoms with Crippen LogP contribution >= 0.6 is 0 Å². The summed E-state index contributed by atoms with van der Waals surface area (Å²) in [5.74, 6) is 0. The number of hydrogen-bond acceptors (Lipinski definition) is 4. The summed E-state index contributed by atoms with van der Waals surface area (Å²) in [5, 5.41) is 3.51. The van der Waals surface area contributed by atoms with Gasteiger partial charge in [0.25, 0.3) is 0 Å². The van der Waals surface area contributed by atoms with Crippen molar-refractivity contribution in [2.75, 3.05) is 53.6 Å². The molecule has 18 heavy (non-hydrogen) atoms. The lowest BCUT2D eigenvalue weighted by Crippen LogP contribution is -2.46. The van der Waals surface area contributed by atoms with Gasteiger partial charge in [-0.15, -0.1) is 0 Å². The fourth-order valence-corrected chi connectivity index (χ4v) is 2.79. The Labute approximate surface area is 112 Å². The van der Waals surface area contributed by atoms with E-state index in [-0.39, 0.29) is 0 Å². The van der Waals surface area contributed by atoms with Crippen LogP contribution < -0.4 is 5.32 Å². The molecule has 0 saturated carbocycles. The maximum Gasteiger partial charge on any atom is 0.0615 e. The van der Waals surface area contributed by atoms with E-state index >= 15 is 0 Å². The average Bonchev–Trinajstić information content (AvgIpc) is 2.84. The first kappa shape index (κ1) is 15.9. The Morgan fingerprint density at radius 1 is 1.33 bits per heavy atom. The van der Waals surface area contributed by atoms with Crippen molar-refractivity contribution in [3.05, 3.63) is 0 Å². The molecule has 0 radical (unpaired) electrons. The highest BCUT2D eigenvalue weighted by Crippen LogP contribution is 2.31. The van der Waals surface area contributed by atoms with Crippen LogP contribution in [-0.4, -0.2) is 64.6 Å². The van der Waals surface area contributed by atoms with Gasteiger partial charge in [-0.3, -0.25) is 4.90 Å². The molecule has 0 bridgehead atoms. The molecule has 2 atom stereocenters. The van der Waals surface area contributed by atoms with Gasteiger partial charge in [-0.05, 0) is 31.7 Å². The van der Waals surface area contributed by atoms with Gasteiger partial charge in [-0.2, -0.15) is 0 Å². The minimum absolute atomic E-state index is 0.440. The molecule has 0 aromatic rings. The molecule has 1 fully saturated rings. The highest BCUT2D eigenvalue weighted by atomic mass is 16.5. The predicted molar refractivity (Wildman–Crippen MR) is 75.0 cm³/mol. The Kier molecular flexibility index (Phi) is 7.15. The van der Waals surface area contributed by atoms with E-state index in [1.54, 1.807) is 14.2 Å². The SMILES string of the molecule is CCC1(CN(CCOC)C(C)COC)CCNC1. The Hall–Kier alpha value is -0.160. The van der Waals surface area contributed by atoms with E-state index in [4.69, 9.17) is 9.47 Å². The zero-order valence-corrected chi connectivity index (χ0v) is 12.5. The summed E-state index contributed by atoms with van der Waals surface area (Å²) < 4.78 is 10.5. The molecule has 1 heterocycles. The first-order chi connectivity index (χ1) is 8.67. The second-order valence-corrected chi connectivity index (χ2v) is 5.55. The van der Waals surface area contributed by atoms with Crippen molar-refractivity contribution in [1.29, 1.82) is 0 Å². The number of methoxy groups -OCH3 is 2. The van der Waals surface area contributed by atoms with E-state index < -0.39 is 0 Å². The summed E-state index contributed by atoms with van der Waals surface area (Å²) in [5.41, 5.74) is 0.440. The molecule has 0 amide bonds. The molecule has 4 heteroatoms. The lowest BCUT2D eigenvalue weighted by molar-refractivity contribution is 0.0462. The molecule has 1 aliphatic heterocycles. The van der Waals surface area contributed by atoms with Crippen LogP contribution in [0, 0.1) is 5.41 Å². The molecule has 0 spiro atoms. The van der Waals surface area contributed by atoms with Crippen LogP contribution in [0.2, 0.25) is 0 Å². The third-order valence-electron chi connectivity index (χ3n) is 4.23. The minimum atomic E-state index is 0.440. The Morgan fingerprint density at radius 3 is 2.61 bits per heavy atom. The number of nitrogens with one attached hydrogen (secondary N) is 1. The summed E-state index contributed by atoms with van der Waals surface area (Å²) in [6, 6.07) is 0.453. The summed E-state index contributed by atoms with van der Waals surface area (Å²) >= 11 is 0. The van der Waals surface area contributed by atoms with Crippen molar-refractivity contribution in [3.8, 4) is 0 Å². The van der Waals surface area contributed by atoms with E-state index in [2.05, 4.69) is 24.1 Å². The van der Waals surface area contributed by atoms with Gasteiger partial charge in [0.1, 0.15) is 0 Å². The molecule has 0 aliphatic carbocycles. The van der Waals surface area contributed by atoms with Gasteiger partial charge < -0.3 is 14.8 Å². The zero-order valence-electron chi connectivity index (χ0n) is 12.5. The van der Waals surface area contributed by atoms with Crippen molar-refractivity contribution in [1.82, 2.24) is 10.2 Å². The number of rotatable bonds is 9. The van der Waals surface area contributed by atoms with Crippen LogP contribution in [0.15, 0.2) is 0 Å². The first-order valence-electron chi connectivity index (χ1n) is 7.10. The van der Waals surface area contributed by atoms with Crippen LogP contribution in [-0.2, 0) is 9.47 Å². The van der Waals surface area contributed by atoms with Crippen LogP contribution in [0.3, 0.4) is 0 Å². The van der Waals surface area contributed by atoms with Crippen LogP contribution in [0.25, 0.3) is 0 Å². The first-order valence-corrected chi connectivity index (χ1v) is 7.10. The Morgan fingerprint density at radius 2 is 2.11 bits per heavy atom. The third-order valence-corrected chi connectivity index (χ3v) is 4.23. The lowest BCUT2D eigenvalue weighted by Gasteiger charge is -2.37. The summed E-state index contributed by atoms with van der Waals surface area (Å²) in [6.07, 6.45) is 2.52. The summed E-state index contributed by atoms with van der Waals surface area (Å²) in [7, 11) is 3.55. The third kappa shape index (κ3) is 4.50. The predicted octanol–water partition coefficient (Wildman–Crippen LogP) is 1.36. The van der Waals surface area contributed by atoms with Crippen molar-refractivity contribution in [2.24, 2.45) is 5.41 Å². The second kappa shape index (κ2) is 8.10. The number of ether oxygens (including phenoxy) is 2. The fraction of sp³-hybridized carbons (Fsp3) is 1.00. The molecule has 1 aliphatic rings. The normalized spacial score (nSPS) is 25.8. The van der Waals surface area contributed by atoms with Crippen molar-refractivity contribution in [2.45, 2.75) is 32.7 Å². The summed E-state index contributed by atoms with van der Waals surface area (Å²) in [6.45, 7) is 10.6.